The number of aromatic hydroxyl groups is 2. The number of hydrogen-bond donors (Lipinski definition) is 2. The summed E-state index contributed by atoms with van der Waals surface area (Å²) in [7, 11) is -3.95. The number of phenols is 2. The molecule has 0 aliphatic rings. The van der Waals surface area contributed by atoms with Crippen LogP contribution in [0.4, 0.5) is 11.4 Å². The van der Waals surface area contributed by atoms with Gasteiger partial charge in [0.2, 0.25) is 9.84 Å². The van der Waals surface area contributed by atoms with E-state index in [1.807, 2.05) is 60.7 Å². The van der Waals surface area contributed by atoms with Crippen molar-refractivity contribution in [3.63, 3.8) is 0 Å². The predicted molar refractivity (Wildman–Crippen MR) is 129 cm³/mol. The van der Waals surface area contributed by atoms with Gasteiger partial charge in [-0.2, -0.15) is 0 Å². The fraction of sp³-hybridized carbons (Fsp3) is 0. The minimum Gasteiger partial charge on any atom is -0.506 e. The van der Waals surface area contributed by atoms with Gasteiger partial charge in [0.1, 0.15) is 22.9 Å². The molecule has 0 saturated heterocycles. The lowest BCUT2D eigenvalue weighted by molar-refractivity contribution is 0.476. The van der Waals surface area contributed by atoms with Crippen molar-refractivity contribution in [1.82, 2.24) is 0 Å². The van der Waals surface area contributed by atoms with E-state index in [0.717, 1.165) is 11.1 Å². The minimum atomic E-state index is -3.95. The van der Waals surface area contributed by atoms with Gasteiger partial charge < -0.3 is 10.2 Å². The average molecular weight is 457 g/mol. The van der Waals surface area contributed by atoms with Gasteiger partial charge in [-0.25, -0.2) is 8.42 Å². The minimum absolute atomic E-state index is 0.0378. The molecule has 7 heteroatoms. The molecule has 0 aromatic heterocycles. The molecule has 164 valence electrons. The highest BCUT2D eigenvalue weighted by molar-refractivity contribution is 7.91. The van der Waals surface area contributed by atoms with Gasteiger partial charge in [-0.3, -0.25) is 9.98 Å². The van der Waals surface area contributed by atoms with Gasteiger partial charge in [-0.1, -0.05) is 60.7 Å². The van der Waals surface area contributed by atoms with Gasteiger partial charge in [0, 0.05) is 12.4 Å². The molecule has 0 amide bonds. The van der Waals surface area contributed by atoms with Crippen LogP contribution >= 0.6 is 0 Å². The zero-order valence-electron chi connectivity index (χ0n) is 17.4. The molecule has 0 fully saturated rings. The monoisotopic (exact) mass is 456 g/mol. The van der Waals surface area contributed by atoms with Crippen molar-refractivity contribution in [3.05, 3.63) is 108 Å². The second-order valence-electron chi connectivity index (χ2n) is 7.14. The molecule has 4 aromatic carbocycles. The van der Waals surface area contributed by atoms with Crippen molar-refractivity contribution in [1.29, 1.82) is 0 Å². The van der Waals surface area contributed by atoms with Crippen LogP contribution in [-0.2, 0) is 9.84 Å². The zero-order chi connectivity index (χ0) is 23.3. The molecular formula is C26H20N2O4S. The number of nitrogens with zero attached hydrogens (tertiary/aromatic N) is 2. The summed E-state index contributed by atoms with van der Waals surface area (Å²) in [5.74, 6) is -0.278. The quantitative estimate of drug-likeness (QED) is 0.378. The van der Waals surface area contributed by atoms with Crippen molar-refractivity contribution in [2.45, 2.75) is 9.79 Å². The number of aliphatic imine (C=N–C) groups is 2. The van der Waals surface area contributed by atoms with Gasteiger partial charge in [-0.05, 0) is 47.5 Å². The molecule has 0 heterocycles. The molecule has 6 nitrogen and oxygen atoms in total. The molecule has 4 aromatic rings. The standard InChI is InChI=1S/C26H20N2O4S/c29-25-13-11-21(15-23(25)27-17-19-7-3-1-4-8-19)33(31,32)22-12-14-26(30)24(16-22)28-18-20-9-5-2-6-10-20/h1-18,29-30H. The molecule has 0 unspecified atom stereocenters. The smallest absolute Gasteiger partial charge is 0.206 e. The van der Waals surface area contributed by atoms with E-state index >= 15 is 0 Å². The maximum atomic E-state index is 13.2. The Hall–Kier alpha value is -4.23. The first kappa shape index (κ1) is 22.0. The van der Waals surface area contributed by atoms with E-state index in [2.05, 4.69) is 9.98 Å². The molecule has 0 spiro atoms. The molecule has 0 atom stereocenters. The summed E-state index contributed by atoms with van der Waals surface area (Å²) in [5, 5.41) is 20.3. The second-order valence-corrected chi connectivity index (χ2v) is 9.09. The fourth-order valence-corrected chi connectivity index (χ4v) is 4.35. The number of benzene rings is 4. The maximum Gasteiger partial charge on any atom is 0.206 e. The molecule has 0 saturated carbocycles. The molecular weight excluding hydrogens is 436 g/mol. The maximum absolute atomic E-state index is 13.2. The summed E-state index contributed by atoms with van der Waals surface area (Å²) in [4.78, 5) is 8.40. The molecule has 4 rings (SSSR count). The molecule has 0 aliphatic carbocycles. The summed E-state index contributed by atoms with van der Waals surface area (Å²) in [6.07, 6.45) is 3.09. The van der Waals surface area contributed by atoms with Crippen LogP contribution in [0.3, 0.4) is 0 Å². The van der Waals surface area contributed by atoms with E-state index < -0.39 is 9.84 Å². The normalized spacial score (nSPS) is 11.9. The highest BCUT2D eigenvalue weighted by Gasteiger charge is 2.20. The van der Waals surface area contributed by atoms with Crippen molar-refractivity contribution in [2.24, 2.45) is 9.98 Å². The van der Waals surface area contributed by atoms with Crippen molar-refractivity contribution in [2.75, 3.05) is 0 Å². The lowest BCUT2D eigenvalue weighted by Gasteiger charge is -2.08. The highest BCUT2D eigenvalue weighted by Crippen LogP contribution is 2.35. The Labute approximate surface area is 191 Å². The van der Waals surface area contributed by atoms with E-state index in [4.69, 9.17) is 0 Å². The van der Waals surface area contributed by atoms with Crippen LogP contribution in [0.1, 0.15) is 11.1 Å². The predicted octanol–water partition coefficient (Wildman–Crippen LogP) is 5.43. The third kappa shape index (κ3) is 5.16. The van der Waals surface area contributed by atoms with Crippen molar-refractivity contribution in [3.8, 4) is 11.5 Å². The number of sulfone groups is 1. The van der Waals surface area contributed by atoms with E-state index in [0.29, 0.717) is 0 Å². The molecule has 0 aliphatic heterocycles. The van der Waals surface area contributed by atoms with E-state index in [1.54, 1.807) is 12.4 Å². The van der Waals surface area contributed by atoms with E-state index in [-0.39, 0.29) is 32.7 Å². The summed E-state index contributed by atoms with van der Waals surface area (Å²) < 4.78 is 26.5. The van der Waals surface area contributed by atoms with Crippen LogP contribution in [0.2, 0.25) is 0 Å². The molecule has 2 N–H and O–H groups in total. The number of hydrogen-bond acceptors (Lipinski definition) is 6. The Bertz CT molecular complexity index is 1330. The van der Waals surface area contributed by atoms with E-state index in [9.17, 15) is 18.6 Å². The van der Waals surface area contributed by atoms with Crippen molar-refractivity contribution < 1.29 is 18.6 Å². The Kier molecular flexibility index (Phi) is 6.33. The molecule has 0 radical (unpaired) electrons. The summed E-state index contributed by atoms with van der Waals surface area (Å²) in [5.41, 5.74) is 1.87. The summed E-state index contributed by atoms with van der Waals surface area (Å²) in [6, 6.07) is 26.3. The Balaban J connectivity index is 1.67. The molecule has 33 heavy (non-hydrogen) atoms. The SMILES string of the molecule is O=S(=O)(c1ccc(O)c(N=Cc2ccccc2)c1)c1ccc(O)c(N=Cc2ccccc2)c1. The number of rotatable bonds is 6. The third-order valence-corrected chi connectivity index (χ3v) is 6.57. The Morgan fingerprint density at radius 3 is 1.36 bits per heavy atom. The third-order valence-electron chi connectivity index (χ3n) is 4.82. The second kappa shape index (κ2) is 9.50. The summed E-state index contributed by atoms with van der Waals surface area (Å²) >= 11 is 0. The largest absolute Gasteiger partial charge is 0.506 e. The van der Waals surface area contributed by atoms with Crippen molar-refractivity contribution >= 4 is 33.6 Å². The van der Waals surface area contributed by atoms with Crippen LogP contribution in [0.15, 0.2) is 117 Å². The topological polar surface area (TPSA) is 99.3 Å². The van der Waals surface area contributed by atoms with E-state index in [1.165, 1.54) is 36.4 Å². The van der Waals surface area contributed by atoms with Crippen LogP contribution in [0.25, 0.3) is 0 Å². The Morgan fingerprint density at radius 2 is 0.970 bits per heavy atom. The van der Waals surface area contributed by atoms with Gasteiger partial charge >= 0.3 is 0 Å². The highest BCUT2D eigenvalue weighted by atomic mass is 32.2. The first-order valence-corrected chi connectivity index (χ1v) is 11.5. The fourth-order valence-electron chi connectivity index (χ4n) is 3.05. The molecule has 0 bridgehead atoms. The average Bonchev–Trinajstić information content (AvgIpc) is 2.84. The summed E-state index contributed by atoms with van der Waals surface area (Å²) in [6.45, 7) is 0. The lowest BCUT2D eigenvalue weighted by atomic mass is 10.2. The van der Waals surface area contributed by atoms with Crippen LogP contribution in [0, 0.1) is 0 Å². The Morgan fingerprint density at radius 1 is 0.576 bits per heavy atom. The zero-order valence-corrected chi connectivity index (χ0v) is 18.2. The first-order valence-electron chi connectivity index (χ1n) is 10.0. The van der Waals surface area contributed by atoms with Crippen LogP contribution in [-0.4, -0.2) is 31.1 Å². The van der Waals surface area contributed by atoms with Crippen LogP contribution in [0.5, 0.6) is 11.5 Å². The van der Waals surface area contributed by atoms with Crippen LogP contribution < -0.4 is 0 Å². The lowest BCUT2D eigenvalue weighted by Crippen LogP contribution is -2.01. The van der Waals surface area contributed by atoms with Gasteiger partial charge in [0.25, 0.3) is 0 Å². The number of phenolic OH excluding ortho intramolecular Hbond substituents is 2. The van der Waals surface area contributed by atoms with Gasteiger partial charge in [-0.15, -0.1) is 0 Å². The first-order chi connectivity index (χ1) is 15.9. The van der Waals surface area contributed by atoms with Gasteiger partial charge in [0.05, 0.1) is 9.79 Å². The van der Waals surface area contributed by atoms with Gasteiger partial charge in [0.15, 0.2) is 0 Å².